The molecule has 1 atom stereocenters. The van der Waals surface area contributed by atoms with E-state index in [1.165, 1.54) is 6.08 Å². The van der Waals surface area contributed by atoms with Gasteiger partial charge in [0.25, 0.3) is 0 Å². The fraction of sp³-hybridized carbons (Fsp3) is 0.308. The molecule has 1 aromatic carbocycles. The average Bonchev–Trinajstić information content (AvgIpc) is 2.29. The third kappa shape index (κ3) is 3.11. The Balaban J connectivity index is 2.88. The molecule has 0 spiro atoms. The van der Waals surface area contributed by atoms with Gasteiger partial charge in [-0.15, -0.1) is 0 Å². The molecule has 0 aromatic heterocycles. The first kappa shape index (κ1) is 12.3. The minimum Gasteiger partial charge on any atom is -0.497 e. The van der Waals surface area contributed by atoms with Crippen molar-refractivity contribution >= 4 is 0 Å². The monoisotopic (exact) mass is 217 g/mol. The van der Waals surface area contributed by atoms with Crippen LogP contribution in [0.25, 0.3) is 0 Å². The van der Waals surface area contributed by atoms with E-state index < -0.39 is 5.60 Å². The Kier molecular flexibility index (Phi) is 4.10. The third-order valence-electron chi connectivity index (χ3n) is 2.40. The van der Waals surface area contributed by atoms with Gasteiger partial charge in [-0.2, -0.15) is 5.26 Å². The summed E-state index contributed by atoms with van der Waals surface area (Å²) in [5.74, 6) is 0.710. The number of nitriles is 1. The van der Waals surface area contributed by atoms with Gasteiger partial charge in [0.2, 0.25) is 0 Å². The van der Waals surface area contributed by atoms with Gasteiger partial charge in [-0.3, -0.25) is 0 Å². The molecule has 0 unspecified atom stereocenters. The van der Waals surface area contributed by atoms with E-state index in [-0.39, 0.29) is 0 Å². The van der Waals surface area contributed by atoms with Crippen molar-refractivity contribution in [1.82, 2.24) is 0 Å². The second kappa shape index (κ2) is 5.34. The van der Waals surface area contributed by atoms with Gasteiger partial charge >= 0.3 is 0 Å². The molecule has 0 saturated heterocycles. The fourth-order valence-electron chi connectivity index (χ4n) is 1.42. The maximum absolute atomic E-state index is 10.2. The van der Waals surface area contributed by atoms with Crippen molar-refractivity contribution in [3.05, 3.63) is 42.0 Å². The number of ether oxygens (including phenoxy) is 1. The van der Waals surface area contributed by atoms with Crippen LogP contribution in [0.15, 0.2) is 36.4 Å². The minimum absolute atomic E-state index is 0.397. The normalized spacial score (nSPS) is 14.4. The summed E-state index contributed by atoms with van der Waals surface area (Å²) in [6.45, 7) is 1.71. The van der Waals surface area contributed by atoms with Gasteiger partial charge in [0.05, 0.1) is 18.8 Å². The standard InChI is InChI=1S/C13H15NO2/c1-13(15,8-3-4-9-14)11-6-5-7-12(10-11)16-2/h3-7,10,15H,8H2,1-2H3/b4-3-/t13-/m0/s1. The molecule has 16 heavy (non-hydrogen) atoms. The number of methoxy groups -OCH3 is 1. The summed E-state index contributed by atoms with van der Waals surface area (Å²) in [7, 11) is 1.59. The highest BCUT2D eigenvalue weighted by atomic mass is 16.5. The van der Waals surface area contributed by atoms with Gasteiger partial charge in [-0.05, 0) is 31.0 Å². The van der Waals surface area contributed by atoms with Gasteiger partial charge in [-0.25, -0.2) is 0 Å². The number of nitrogens with zero attached hydrogens (tertiary/aromatic N) is 1. The first-order chi connectivity index (χ1) is 7.60. The molecule has 0 fully saturated rings. The molecule has 0 bridgehead atoms. The first-order valence-electron chi connectivity index (χ1n) is 5.01. The summed E-state index contributed by atoms with van der Waals surface area (Å²) in [5.41, 5.74) is -0.212. The van der Waals surface area contributed by atoms with E-state index in [4.69, 9.17) is 10.00 Å². The molecule has 0 aliphatic carbocycles. The topological polar surface area (TPSA) is 53.2 Å². The summed E-state index contributed by atoms with van der Waals surface area (Å²) in [6.07, 6.45) is 3.42. The Morgan fingerprint density at radius 3 is 2.94 bits per heavy atom. The fourth-order valence-corrected chi connectivity index (χ4v) is 1.42. The third-order valence-corrected chi connectivity index (χ3v) is 2.40. The van der Waals surface area contributed by atoms with E-state index in [9.17, 15) is 5.11 Å². The Morgan fingerprint density at radius 2 is 2.31 bits per heavy atom. The highest BCUT2D eigenvalue weighted by molar-refractivity contribution is 5.32. The quantitative estimate of drug-likeness (QED) is 0.788. The van der Waals surface area contributed by atoms with Crippen LogP contribution in [0, 0.1) is 11.3 Å². The Morgan fingerprint density at radius 1 is 1.56 bits per heavy atom. The van der Waals surface area contributed by atoms with Crippen molar-refractivity contribution in [2.75, 3.05) is 7.11 Å². The van der Waals surface area contributed by atoms with Crippen LogP contribution in [-0.4, -0.2) is 12.2 Å². The Labute approximate surface area is 95.6 Å². The number of rotatable bonds is 4. The predicted octanol–water partition coefficient (Wildman–Crippen LogP) is 2.37. The average molecular weight is 217 g/mol. The molecule has 0 heterocycles. The van der Waals surface area contributed by atoms with E-state index in [2.05, 4.69) is 0 Å². The zero-order valence-corrected chi connectivity index (χ0v) is 9.47. The van der Waals surface area contributed by atoms with Crippen molar-refractivity contribution in [1.29, 1.82) is 5.26 Å². The zero-order chi connectivity index (χ0) is 12.0. The highest BCUT2D eigenvalue weighted by Gasteiger charge is 2.21. The molecule has 0 aliphatic heterocycles. The van der Waals surface area contributed by atoms with Crippen LogP contribution >= 0.6 is 0 Å². The summed E-state index contributed by atoms with van der Waals surface area (Å²) in [6, 6.07) is 9.18. The van der Waals surface area contributed by atoms with Gasteiger partial charge in [0.1, 0.15) is 5.75 Å². The molecule has 0 amide bonds. The molecular formula is C13H15NO2. The molecule has 0 saturated carbocycles. The maximum Gasteiger partial charge on any atom is 0.119 e. The number of aliphatic hydroxyl groups is 1. The van der Waals surface area contributed by atoms with Gasteiger partial charge < -0.3 is 9.84 Å². The summed E-state index contributed by atoms with van der Waals surface area (Å²) in [4.78, 5) is 0. The van der Waals surface area contributed by atoms with Crippen LogP contribution in [0.5, 0.6) is 5.75 Å². The van der Waals surface area contributed by atoms with Crippen LogP contribution in [0.2, 0.25) is 0 Å². The predicted molar refractivity (Wildman–Crippen MR) is 61.9 cm³/mol. The van der Waals surface area contributed by atoms with Crippen LogP contribution in [0.4, 0.5) is 0 Å². The van der Waals surface area contributed by atoms with Crippen LogP contribution < -0.4 is 4.74 Å². The molecule has 84 valence electrons. The largest absolute Gasteiger partial charge is 0.497 e. The molecule has 1 N–H and O–H groups in total. The molecule has 0 radical (unpaired) electrons. The van der Waals surface area contributed by atoms with Gasteiger partial charge in [-0.1, -0.05) is 18.2 Å². The minimum atomic E-state index is -0.984. The zero-order valence-electron chi connectivity index (χ0n) is 9.47. The number of hydrogen-bond donors (Lipinski definition) is 1. The number of allylic oxidation sites excluding steroid dienone is 1. The molecule has 0 aliphatic rings. The van der Waals surface area contributed by atoms with Crippen LogP contribution in [-0.2, 0) is 5.60 Å². The Bertz CT molecular complexity index is 416. The van der Waals surface area contributed by atoms with Gasteiger partial charge in [0.15, 0.2) is 0 Å². The second-order valence-corrected chi connectivity index (χ2v) is 3.74. The SMILES string of the molecule is COc1cccc([C@@](C)(O)C/C=C\C#N)c1. The molecule has 1 rings (SSSR count). The molecular weight excluding hydrogens is 202 g/mol. The van der Waals surface area contributed by atoms with E-state index in [1.54, 1.807) is 26.2 Å². The van der Waals surface area contributed by atoms with Crippen molar-refractivity contribution in [3.63, 3.8) is 0 Å². The molecule has 1 aromatic rings. The van der Waals surface area contributed by atoms with Crippen molar-refractivity contribution < 1.29 is 9.84 Å². The van der Waals surface area contributed by atoms with Crippen molar-refractivity contribution in [3.8, 4) is 11.8 Å². The molecule has 3 nitrogen and oxygen atoms in total. The molecule has 3 heteroatoms. The maximum atomic E-state index is 10.2. The first-order valence-corrected chi connectivity index (χ1v) is 5.01. The number of hydrogen-bond acceptors (Lipinski definition) is 3. The van der Waals surface area contributed by atoms with Crippen molar-refractivity contribution in [2.24, 2.45) is 0 Å². The lowest BCUT2D eigenvalue weighted by Gasteiger charge is -2.22. The van der Waals surface area contributed by atoms with E-state index in [1.807, 2.05) is 24.3 Å². The smallest absolute Gasteiger partial charge is 0.119 e. The lowest BCUT2D eigenvalue weighted by molar-refractivity contribution is 0.0603. The highest BCUT2D eigenvalue weighted by Crippen LogP contribution is 2.27. The van der Waals surface area contributed by atoms with Crippen LogP contribution in [0.3, 0.4) is 0 Å². The van der Waals surface area contributed by atoms with Gasteiger partial charge in [0, 0.05) is 6.08 Å². The van der Waals surface area contributed by atoms with E-state index in [0.717, 1.165) is 5.56 Å². The van der Waals surface area contributed by atoms with E-state index >= 15 is 0 Å². The van der Waals surface area contributed by atoms with Crippen LogP contribution in [0.1, 0.15) is 18.9 Å². The number of benzene rings is 1. The summed E-state index contributed by atoms with van der Waals surface area (Å²) >= 11 is 0. The summed E-state index contributed by atoms with van der Waals surface area (Å²) < 4.78 is 5.09. The Hall–Kier alpha value is -1.79. The summed E-state index contributed by atoms with van der Waals surface area (Å²) in [5, 5.41) is 18.6. The van der Waals surface area contributed by atoms with E-state index in [0.29, 0.717) is 12.2 Å². The van der Waals surface area contributed by atoms with Crippen molar-refractivity contribution in [2.45, 2.75) is 18.9 Å². The lowest BCUT2D eigenvalue weighted by atomic mass is 9.92. The lowest BCUT2D eigenvalue weighted by Crippen LogP contribution is -2.19. The second-order valence-electron chi connectivity index (χ2n) is 3.74.